The van der Waals surface area contributed by atoms with Gasteiger partial charge in [-0.3, -0.25) is 0 Å². The molecule has 0 spiro atoms. The molecular formula is C10H6NO+. The lowest BCUT2D eigenvalue weighted by Gasteiger charge is -1.89. The highest BCUT2D eigenvalue weighted by Crippen LogP contribution is 2.16. The minimum atomic E-state index is 0.577. The van der Waals surface area contributed by atoms with E-state index in [0.717, 1.165) is 10.8 Å². The molecule has 0 saturated heterocycles. The lowest BCUT2D eigenvalue weighted by atomic mass is 10.1. The molecule has 0 radical (unpaired) electrons. The molecule has 1 aromatic carbocycles. The molecule has 0 aliphatic heterocycles. The Bertz CT molecular complexity index is 451. The van der Waals surface area contributed by atoms with E-state index in [9.17, 15) is 0 Å². The second-order valence-electron chi connectivity index (χ2n) is 2.48. The summed E-state index contributed by atoms with van der Waals surface area (Å²) in [7, 11) is 0. The topological polar surface area (TPSA) is 35.1 Å². The molecular weight excluding hydrogens is 150 g/mol. The first-order valence-corrected chi connectivity index (χ1v) is 3.60. The molecule has 1 heterocycles. The lowest BCUT2D eigenvalue weighted by molar-refractivity contribution is 0.556. The Morgan fingerprint density at radius 1 is 1.17 bits per heavy atom. The van der Waals surface area contributed by atoms with Crippen LogP contribution in [0.1, 0.15) is 5.56 Å². The fourth-order valence-electron chi connectivity index (χ4n) is 1.17. The monoisotopic (exact) mass is 156 g/mol. The maximum Gasteiger partial charge on any atom is 0.336 e. The largest absolute Gasteiger partial charge is 0.336 e. The van der Waals surface area contributed by atoms with Gasteiger partial charge in [0, 0.05) is 5.39 Å². The molecule has 0 aliphatic carbocycles. The van der Waals surface area contributed by atoms with E-state index < -0.39 is 0 Å². The van der Waals surface area contributed by atoms with Crippen molar-refractivity contribution in [3.8, 4) is 6.07 Å². The van der Waals surface area contributed by atoms with Gasteiger partial charge in [0.15, 0.2) is 5.56 Å². The molecule has 0 atom stereocenters. The van der Waals surface area contributed by atoms with Crippen molar-refractivity contribution in [2.24, 2.45) is 0 Å². The van der Waals surface area contributed by atoms with E-state index in [2.05, 4.69) is 6.07 Å². The van der Waals surface area contributed by atoms with Crippen LogP contribution in [0, 0.1) is 11.3 Å². The van der Waals surface area contributed by atoms with Crippen LogP contribution in [0.5, 0.6) is 0 Å². The van der Waals surface area contributed by atoms with Gasteiger partial charge in [-0.15, -0.1) is 0 Å². The van der Waals surface area contributed by atoms with Crippen LogP contribution in [0.2, 0.25) is 0 Å². The van der Waals surface area contributed by atoms with Gasteiger partial charge in [-0.05, 0) is 6.07 Å². The Balaban J connectivity index is 2.91. The molecule has 1 aromatic heterocycles. The van der Waals surface area contributed by atoms with Crippen molar-refractivity contribution in [2.75, 3.05) is 0 Å². The van der Waals surface area contributed by atoms with E-state index in [0.29, 0.717) is 5.56 Å². The molecule has 56 valence electrons. The van der Waals surface area contributed by atoms with Crippen molar-refractivity contribution in [2.45, 2.75) is 0 Å². The highest BCUT2D eigenvalue weighted by molar-refractivity contribution is 5.86. The van der Waals surface area contributed by atoms with Crippen molar-refractivity contribution in [1.82, 2.24) is 0 Å². The van der Waals surface area contributed by atoms with Gasteiger partial charge in [0.2, 0.25) is 0 Å². The van der Waals surface area contributed by atoms with Crippen LogP contribution < -0.4 is 0 Å². The first-order valence-electron chi connectivity index (χ1n) is 3.60. The first kappa shape index (κ1) is 6.81. The summed E-state index contributed by atoms with van der Waals surface area (Å²) < 4.78 is 4.99. The number of hydrogen-bond acceptors (Lipinski definition) is 1. The Labute approximate surface area is 69.7 Å². The van der Waals surface area contributed by atoms with E-state index in [1.165, 1.54) is 6.26 Å². The minimum Gasteiger partial charge on any atom is -0.222 e. The molecule has 2 heteroatoms. The van der Waals surface area contributed by atoms with Gasteiger partial charge in [-0.2, -0.15) is 5.26 Å². The third-order valence-corrected chi connectivity index (χ3v) is 1.75. The number of nitriles is 1. The van der Waals surface area contributed by atoms with Crippen molar-refractivity contribution < 1.29 is 4.42 Å². The number of nitrogens with zero attached hydrogens (tertiary/aromatic N) is 1. The Kier molecular flexibility index (Phi) is 1.49. The summed E-state index contributed by atoms with van der Waals surface area (Å²) in [6.45, 7) is 0. The summed E-state index contributed by atoms with van der Waals surface area (Å²) in [5.74, 6) is 0. The highest BCUT2D eigenvalue weighted by Gasteiger charge is 2.05. The van der Waals surface area contributed by atoms with Gasteiger partial charge in [0.1, 0.15) is 6.07 Å². The minimum absolute atomic E-state index is 0.577. The zero-order chi connectivity index (χ0) is 8.39. The summed E-state index contributed by atoms with van der Waals surface area (Å²) in [6.07, 6.45) is 3.10. The number of rotatable bonds is 0. The van der Waals surface area contributed by atoms with Gasteiger partial charge in [-0.25, -0.2) is 4.42 Å². The summed E-state index contributed by atoms with van der Waals surface area (Å²) in [4.78, 5) is 0. The molecule has 0 bridgehead atoms. The maximum absolute atomic E-state index is 8.73. The average molecular weight is 156 g/mol. The smallest absolute Gasteiger partial charge is 0.222 e. The van der Waals surface area contributed by atoms with E-state index >= 15 is 0 Å². The number of benzene rings is 1. The van der Waals surface area contributed by atoms with Crippen molar-refractivity contribution in [3.05, 3.63) is 42.4 Å². The van der Waals surface area contributed by atoms with Crippen LogP contribution >= 0.6 is 0 Å². The van der Waals surface area contributed by atoms with Gasteiger partial charge < -0.3 is 0 Å². The molecule has 0 aliphatic rings. The first-order chi connectivity index (χ1) is 5.92. The van der Waals surface area contributed by atoms with Gasteiger partial charge in [0.25, 0.3) is 0 Å². The van der Waals surface area contributed by atoms with Crippen LogP contribution in [0.4, 0.5) is 0 Å². The van der Waals surface area contributed by atoms with Crippen LogP contribution in [-0.2, 0) is 0 Å². The third-order valence-electron chi connectivity index (χ3n) is 1.75. The maximum atomic E-state index is 8.73. The van der Waals surface area contributed by atoms with Crippen LogP contribution in [0.3, 0.4) is 0 Å². The molecule has 2 rings (SSSR count). The summed E-state index contributed by atoms with van der Waals surface area (Å²) in [5.41, 5.74) is 0.577. The van der Waals surface area contributed by atoms with Gasteiger partial charge >= 0.3 is 12.5 Å². The molecule has 2 aromatic rings. The zero-order valence-corrected chi connectivity index (χ0v) is 6.32. The zero-order valence-electron chi connectivity index (χ0n) is 6.32. The van der Waals surface area contributed by atoms with E-state index in [-0.39, 0.29) is 0 Å². The summed E-state index contributed by atoms with van der Waals surface area (Å²) in [5, 5.41) is 10.6. The Morgan fingerprint density at radius 3 is 2.83 bits per heavy atom. The van der Waals surface area contributed by atoms with E-state index in [1.807, 2.05) is 24.3 Å². The molecule has 12 heavy (non-hydrogen) atoms. The Hall–Kier alpha value is -1.88. The van der Waals surface area contributed by atoms with E-state index in [1.54, 1.807) is 6.26 Å². The second-order valence-corrected chi connectivity index (χ2v) is 2.48. The summed E-state index contributed by atoms with van der Waals surface area (Å²) in [6, 6.07) is 9.72. The molecule has 0 N–H and O–H groups in total. The number of hydrogen-bond donors (Lipinski definition) is 0. The summed E-state index contributed by atoms with van der Waals surface area (Å²) >= 11 is 0. The molecule has 0 saturated carbocycles. The van der Waals surface area contributed by atoms with Gasteiger partial charge in [0.05, 0.1) is 5.39 Å². The molecule has 0 unspecified atom stereocenters. The third kappa shape index (κ3) is 0.923. The second kappa shape index (κ2) is 2.63. The van der Waals surface area contributed by atoms with Crippen molar-refractivity contribution >= 4 is 10.8 Å². The van der Waals surface area contributed by atoms with Gasteiger partial charge in [-0.1, -0.05) is 18.2 Å². The Morgan fingerprint density at radius 2 is 2.00 bits per heavy atom. The quantitative estimate of drug-likeness (QED) is 0.549. The van der Waals surface area contributed by atoms with Crippen LogP contribution in [0.25, 0.3) is 10.8 Å². The molecule has 0 amide bonds. The fraction of sp³-hybridized carbons (Fsp3) is 0. The SMILES string of the molecule is N#Cc1c[o+]cc2ccccc12. The average Bonchev–Trinajstić information content (AvgIpc) is 2.17. The van der Waals surface area contributed by atoms with E-state index in [4.69, 9.17) is 9.68 Å². The molecule has 2 nitrogen and oxygen atoms in total. The standard InChI is InChI=1S/C10H6NO/c11-5-9-7-12-6-8-3-1-2-4-10(8)9/h1-4,6-7H/q+1. The normalized spacial score (nSPS) is 9.58. The lowest BCUT2D eigenvalue weighted by Crippen LogP contribution is -1.77. The van der Waals surface area contributed by atoms with Crippen LogP contribution in [0.15, 0.2) is 41.2 Å². The van der Waals surface area contributed by atoms with Crippen molar-refractivity contribution in [3.63, 3.8) is 0 Å². The number of fused-ring (bicyclic) bond motifs is 1. The van der Waals surface area contributed by atoms with Crippen LogP contribution in [-0.4, -0.2) is 0 Å². The fourth-order valence-corrected chi connectivity index (χ4v) is 1.17. The predicted molar refractivity (Wildman–Crippen MR) is 45.3 cm³/mol. The predicted octanol–water partition coefficient (Wildman–Crippen LogP) is 2.59. The van der Waals surface area contributed by atoms with Crippen molar-refractivity contribution in [1.29, 1.82) is 5.26 Å². The molecule has 0 fully saturated rings. The highest BCUT2D eigenvalue weighted by atomic mass is 16.3.